The molecule has 1 aromatic heterocycles. The lowest BCUT2D eigenvalue weighted by Gasteiger charge is -2.13. The minimum Gasteiger partial charge on any atom is -0.481 e. The molecule has 0 bridgehead atoms. The highest BCUT2D eigenvalue weighted by Crippen LogP contribution is 2.35. The summed E-state index contributed by atoms with van der Waals surface area (Å²) in [7, 11) is 0. The second-order valence-corrected chi connectivity index (χ2v) is 5.18. The zero-order valence-corrected chi connectivity index (χ0v) is 13.4. The van der Waals surface area contributed by atoms with Crippen molar-refractivity contribution in [3.05, 3.63) is 48.3 Å². The molecule has 7 heteroatoms. The zero-order chi connectivity index (χ0) is 16.9. The fourth-order valence-corrected chi connectivity index (χ4v) is 2.10. The molecule has 3 rings (SSSR count). The van der Waals surface area contributed by atoms with Crippen LogP contribution in [-0.4, -0.2) is 29.5 Å². The number of aromatic nitrogens is 1. The Balaban J connectivity index is 1.59. The maximum absolute atomic E-state index is 12.1. The standard InChI is InChI=1S/C17H17N3O4/c1-11(13-5-7-18-8-6-13)19-20-17(21)12(2)24-14-3-4-15-16(9-14)23-10-22-15/h3-9,12H,10H2,1-2H3,(H,20,21)/b19-11-/t12-/m0/s1. The van der Waals surface area contributed by atoms with Crippen LogP contribution in [0.1, 0.15) is 19.4 Å². The topological polar surface area (TPSA) is 82.0 Å². The predicted octanol–water partition coefficient (Wildman–Crippen LogP) is 2.12. The van der Waals surface area contributed by atoms with E-state index in [2.05, 4.69) is 15.5 Å². The molecule has 7 nitrogen and oxygen atoms in total. The molecule has 1 N–H and O–H groups in total. The number of nitrogens with zero attached hydrogens (tertiary/aromatic N) is 2. The van der Waals surface area contributed by atoms with Gasteiger partial charge in [0.15, 0.2) is 17.6 Å². The number of pyridine rings is 1. The highest BCUT2D eigenvalue weighted by Gasteiger charge is 2.18. The minimum atomic E-state index is -0.709. The molecule has 0 radical (unpaired) electrons. The van der Waals surface area contributed by atoms with Crippen molar-refractivity contribution >= 4 is 11.6 Å². The third-order valence-corrected chi connectivity index (χ3v) is 3.46. The first-order valence-electron chi connectivity index (χ1n) is 7.44. The van der Waals surface area contributed by atoms with Crippen molar-refractivity contribution < 1.29 is 19.0 Å². The maximum atomic E-state index is 12.1. The van der Waals surface area contributed by atoms with Gasteiger partial charge in [0, 0.05) is 24.0 Å². The number of carbonyl (C=O) groups excluding carboxylic acids is 1. The van der Waals surface area contributed by atoms with Crippen molar-refractivity contribution in [3.8, 4) is 17.2 Å². The summed E-state index contributed by atoms with van der Waals surface area (Å²) < 4.78 is 16.1. The number of fused-ring (bicyclic) bond motifs is 1. The summed E-state index contributed by atoms with van der Waals surface area (Å²) >= 11 is 0. The van der Waals surface area contributed by atoms with Gasteiger partial charge >= 0.3 is 0 Å². The SMILES string of the molecule is C/C(=N/NC(=O)[C@H](C)Oc1ccc2c(c1)OCO2)c1ccncc1. The van der Waals surface area contributed by atoms with Crippen LogP contribution in [0, 0.1) is 0 Å². The van der Waals surface area contributed by atoms with Crippen LogP contribution in [0.3, 0.4) is 0 Å². The third kappa shape index (κ3) is 3.62. The zero-order valence-electron chi connectivity index (χ0n) is 13.4. The Labute approximate surface area is 139 Å². The van der Waals surface area contributed by atoms with Crippen LogP contribution >= 0.6 is 0 Å². The molecule has 0 saturated heterocycles. The van der Waals surface area contributed by atoms with E-state index in [1.807, 2.05) is 12.1 Å². The summed E-state index contributed by atoms with van der Waals surface area (Å²) in [5, 5.41) is 4.08. The normalized spacial score (nSPS) is 14.2. The van der Waals surface area contributed by atoms with Crippen LogP contribution in [0.5, 0.6) is 17.2 Å². The number of hydrazone groups is 1. The van der Waals surface area contributed by atoms with E-state index in [1.165, 1.54) is 0 Å². The largest absolute Gasteiger partial charge is 0.481 e. The fourth-order valence-electron chi connectivity index (χ4n) is 2.10. The van der Waals surface area contributed by atoms with Crippen LogP contribution in [-0.2, 0) is 4.79 Å². The number of carbonyl (C=O) groups is 1. The Morgan fingerprint density at radius 2 is 2.00 bits per heavy atom. The van der Waals surface area contributed by atoms with Crippen molar-refractivity contribution in [2.24, 2.45) is 5.10 Å². The van der Waals surface area contributed by atoms with Crippen molar-refractivity contribution in [2.45, 2.75) is 20.0 Å². The molecule has 2 aromatic rings. The van der Waals surface area contributed by atoms with Crippen LogP contribution in [0.4, 0.5) is 0 Å². The second-order valence-electron chi connectivity index (χ2n) is 5.18. The molecular formula is C17H17N3O4. The van der Waals surface area contributed by atoms with Gasteiger partial charge in [-0.25, -0.2) is 5.43 Å². The molecule has 1 amide bonds. The summed E-state index contributed by atoms with van der Waals surface area (Å²) in [4.78, 5) is 16.0. The van der Waals surface area contributed by atoms with E-state index in [4.69, 9.17) is 14.2 Å². The number of benzene rings is 1. The fraction of sp³-hybridized carbons (Fsp3) is 0.235. The molecular weight excluding hydrogens is 310 g/mol. The van der Waals surface area contributed by atoms with E-state index in [-0.39, 0.29) is 12.7 Å². The molecule has 0 unspecified atom stereocenters. The Morgan fingerprint density at radius 1 is 1.25 bits per heavy atom. The molecule has 1 aromatic carbocycles. The molecule has 0 aliphatic carbocycles. The molecule has 1 aliphatic rings. The van der Waals surface area contributed by atoms with E-state index in [0.29, 0.717) is 23.0 Å². The van der Waals surface area contributed by atoms with Crippen molar-refractivity contribution in [1.82, 2.24) is 10.4 Å². The van der Waals surface area contributed by atoms with Crippen LogP contribution in [0.15, 0.2) is 47.8 Å². The van der Waals surface area contributed by atoms with Gasteiger partial charge in [-0.05, 0) is 38.1 Å². The smallest absolute Gasteiger partial charge is 0.280 e. The first kappa shape index (κ1) is 15.8. The van der Waals surface area contributed by atoms with Gasteiger partial charge in [0.2, 0.25) is 6.79 Å². The Hall–Kier alpha value is -3.09. The Kier molecular flexibility index (Phi) is 4.60. The van der Waals surface area contributed by atoms with Gasteiger partial charge in [-0.2, -0.15) is 5.10 Å². The monoisotopic (exact) mass is 327 g/mol. The summed E-state index contributed by atoms with van der Waals surface area (Å²) in [5.41, 5.74) is 4.07. The lowest BCUT2D eigenvalue weighted by Crippen LogP contribution is -2.33. The molecule has 24 heavy (non-hydrogen) atoms. The van der Waals surface area contributed by atoms with Crippen molar-refractivity contribution in [3.63, 3.8) is 0 Å². The number of hydrogen-bond donors (Lipinski definition) is 1. The summed E-state index contributed by atoms with van der Waals surface area (Å²) in [6.07, 6.45) is 2.63. The summed E-state index contributed by atoms with van der Waals surface area (Å²) in [6.45, 7) is 3.65. The average Bonchev–Trinajstić information content (AvgIpc) is 3.07. The van der Waals surface area contributed by atoms with Crippen LogP contribution in [0.2, 0.25) is 0 Å². The lowest BCUT2D eigenvalue weighted by atomic mass is 10.2. The highest BCUT2D eigenvalue weighted by atomic mass is 16.7. The van der Waals surface area contributed by atoms with Gasteiger partial charge in [0.1, 0.15) is 5.75 Å². The summed E-state index contributed by atoms with van der Waals surface area (Å²) in [6, 6.07) is 8.80. The lowest BCUT2D eigenvalue weighted by molar-refractivity contribution is -0.127. The minimum absolute atomic E-state index is 0.192. The van der Waals surface area contributed by atoms with Gasteiger partial charge in [-0.15, -0.1) is 0 Å². The predicted molar refractivity (Wildman–Crippen MR) is 87.2 cm³/mol. The van der Waals surface area contributed by atoms with E-state index >= 15 is 0 Å². The number of nitrogens with one attached hydrogen (secondary N) is 1. The Morgan fingerprint density at radius 3 is 2.79 bits per heavy atom. The highest BCUT2D eigenvalue weighted by molar-refractivity contribution is 5.99. The van der Waals surface area contributed by atoms with E-state index < -0.39 is 6.10 Å². The number of amides is 1. The number of hydrogen-bond acceptors (Lipinski definition) is 6. The van der Waals surface area contributed by atoms with E-state index in [0.717, 1.165) is 5.56 Å². The first-order valence-corrected chi connectivity index (χ1v) is 7.44. The third-order valence-electron chi connectivity index (χ3n) is 3.46. The summed E-state index contributed by atoms with van der Waals surface area (Å²) in [5.74, 6) is 1.45. The Bertz CT molecular complexity index is 762. The number of rotatable bonds is 5. The van der Waals surface area contributed by atoms with Gasteiger partial charge in [0.25, 0.3) is 5.91 Å². The van der Waals surface area contributed by atoms with Crippen LogP contribution in [0.25, 0.3) is 0 Å². The van der Waals surface area contributed by atoms with Crippen LogP contribution < -0.4 is 19.6 Å². The van der Waals surface area contributed by atoms with E-state index in [9.17, 15) is 4.79 Å². The molecule has 0 saturated carbocycles. The maximum Gasteiger partial charge on any atom is 0.280 e. The van der Waals surface area contributed by atoms with Crippen molar-refractivity contribution in [1.29, 1.82) is 0 Å². The first-order chi connectivity index (χ1) is 11.6. The molecule has 1 atom stereocenters. The average molecular weight is 327 g/mol. The van der Waals surface area contributed by atoms with Gasteiger partial charge in [0.05, 0.1) is 5.71 Å². The van der Waals surface area contributed by atoms with Crippen molar-refractivity contribution in [2.75, 3.05) is 6.79 Å². The molecule has 1 aliphatic heterocycles. The number of ether oxygens (including phenoxy) is 3. The molecule has 124 valence electrons. The second kappa shape index (κ2) is 6.99. The molecule has 0 spiro atoms. The van der Waals surface area contributed by atoms with Gasteiger partial charge in [-0.1, -0.05) is 0 Å². The molecule has 2 heterocycles. The molecule has 0 fully saturated rings. The quantitative estimate of drug-likeness (QED) is 0.672. The van der Waals surface area contributed by atoms with E-state index in [1.54, 1.807) is 44.4 Å². The van der Waals surface area contributed by atoms with Gasteiger partial charge in [-0.3, -0.25) is 9.78 Å². The van der Waals surface area contributed by atoms with Gasteiger partial charge < -0.3 is 14.2 Å².